The summed E-state index contributed by atoms with van der Waals surface area (Å²) in [6, 6.07) is 5.10. The van der Waals surface area contributed by atoms with Crippen LogP contribution in [0, 0.1) is 0 Å². The number of benzene rings is 1. The smallest absolute Gasteiger partial charge is 0.251 e. The molecule has 0 bridgehead atoms. The van der Waals surface area contributed by atoms with Gasteiger partial charge in [0.1, 0.15) is 5.75 Å². The number of ether oxygens (including phenoxy) is 1. The van der Waals surface area contributed by atoms with Gasteiger partial charge in [0.05, 0.1) is 11.1 Å². The summed E-state index contributed by atoms with van der Waals surface area (Å²) in [4.78, 5) is 11.8. The van der Waals surface area contributed by atoms with Crippen LogP contribution in [0.1, 0.15) is 44.0 Å². The quantitative estimate of drug-likeness (QED) is 0.801. The van der Waals surface area contributed by atoms with Crippen LogP contribution < -0.4 is 10.1 Å². The third kappa shape index (κ3) is 4.57. The second-order valence-corrected chi connectivity index (χ2v) is 4.83. The summed E-state index contributed by atoms with van der Waals surface area (Å²) in [5, 5.41) is 3.31. The van der Waals surface area contributed by atoms with E-state index in [0.717, 1.165) is 12.8 Å². The first-order valence-corrected chi connectivity index (χ1v) is 6.66. The molecule has 1 N–H and O–H groups in total. The molecule has 3 nitrogen and oxygen atoms in total. The van der Waals surface area contributed by atoms with Crippen LogP contribution >= 0.6 is 11.6 Å². The van der Waals surface area contributed by atoms with E-state index in [-0.39, 0.29) is 12.0 Å². The minimum absolute atomic E-state index is 0.0618. The van der Waals surface area contributed by atoms with Crippen LogP contribution in [-0.2, 0) is 0 Å². The summed E-state index contributed by atoms with van der Waals surface area (Å²) < 4.78 is 5.51. The fourth-order valence-corrected chi connectivity index (χ4v) is 1.70. The maximum absolute atomic E-state index is 11.8. The summed E-state index contributed by atoms with van der Waals surface area (Å²) in [5.74, 6) is 0.512. The van der Waals surface area contributed by atoms with Gasteiger partial charge in [-0.2, -0.15) is 0 Å². The summed E-state index contributed by atoms with van der Waals surface area (Å²) in [5.41, 5.74) is 0.562. The number of hydrogen-bond donors (Lipinski definition) is 1. The Kier molecular flexibility index (Phi) is 5.99. The Hall–Kier alpha value is -1.22. The Labute approximate surface area is 113 Å². The van der Waals surface area contributed by atoms with Gasteiger partial charge in [-0.1, -0.05) is 24.9 Å². The lowest BCUT2D eigenvalue weighted by molar-refractivity contribution is 0.0953. The van der Waals surface area contributed by atoms with Crippen molar-refractivity contribution in [2.24, 2.45) is 0 Å². The molecule has 0 saturated heterocycles. The van der Waals surface area contributed by atoms with Gasteiger partial charge in [-0.15, -0.1) is 0 Å². The van der Waals surface area contributed by atoms with Crippen LogP contribution in [0.5, 0.6) is 5.75 Å². The second-order valence-electron chi connectivity index (χ2n) is 4.42. The summed E-state index contributed by atoms with van der Waals surface area (Å²) in [7, 11) is 0. The Morgan fingerprint density at radius 3 is 2.72 bits per heavy atom. The van der Waals surface area contributed by atoms with Gasteiger partial charge in [0.2, 0.25) is 0 Å². The van der Waals surface area contributed by atoms with Gasteiger partial charge < -0.3 is 10.1 Å². The molecule has 0 radical (unpaired) electrons. The third-order valence-corrected chi connectivity index (χ3v) is 2.67. The molecule has 1 rings (SSSR count). The summed E-state index contributed by atoms with van der Waals surface area (Å²) in [6.45, 7) is 6.64. The van der Waals surface area contributed by atoms with Gasteiger partial charge in [-0.25, -0.2) is 0 Å². The van der Waals surface area contributed by atoms with Crippen LogP contribution in [0.2, 0.25) is 5.02 Å². The number of nitrogens with one attached hydrogen (secondary N) is 1. The highest BCUT2D eigenvalue weighted by molar-refractivity contribution is 6.32. The monoisotopic (exact) mass is 269 g/mol. The van der Waals surface area contributed by atoms with E-state index in [2.05, 4.69) is 12.2 Å². The topological polar surface area (TPSA) is 38.3 Å². The van der Waals surface area contributed by atoms with Crippen molar-refractivity contribution >= 4 is 17.5 Å². The number of carbonyl (C=O) groups is 1. The SMILES string of the molecule is CCCCNC(=O)c1ccc(OC(C)C)c(Cl)c1. The molecule has 0 aromatic heterocycles. The minimum Gasteiger partial charge on any atom is -0.489 e. The van der Waals surface area contributed by atoms with Crippen molar-refractivity contribution in [3.8, 4) is 5.75 Å². The van der Waals surface area contributed by atoms with Crippen molar-refractivity contribution in [1.29, 1.82) is 0 Å². The molecule has 0 heterocycles. The molecule has 0 aliphatic carbocycles. The first-order valence-electron chi connectivity index (χ1n) is 6.29. The highest BCUT2D eigenvalue weighted by atomic mass is 35.5. The van der Waals surface area contributed by atoms with Crippen LogP contribution in [0.3, 0.4) is 0 Å². The summed E-state index contributed by atoms with van der Waals surface area (Å²) >= 11 is 6.07. The number of halogens is 1. The Morgan fingerprint density at radius 2 is 2.17 bits per heavy atom. The maximum atomic E-state index is 11.8. The van der Waals surface area contributed by atoms with E-state index in [1.165, 1.54) is 0 Å². The molecule has 1 aromatic rings. The van der Waals surface area contributed by atoms with E-state index in [1.807, 2.05) is 13.8 Å². The second kappa shape index (κ2) is 7.27. The Morgan fingerprint density at radius 1 is 1.44 bits per heavy atom. The number of amides is 1. The molecule has 0 fully saturated rings. The normalized spacial score (nSPS) is 10.5. The lowest BCUT2D eigenvalue weighted by Gasteiger charge is -2.12. The van der Waals surface area contributed by atoms with Gasteiger partial charge >= 0.3 is 0 Å². The average molecular weight is 270 g/mol. The average Bonchev–Trinajstić information content (AvgIpc) is 2.31. The van der Waals surface area contributed by atoms with Gasteiger partial charge in [0.25, 0.3) is 5.91 Å². The highest BCUT2D eigenvalue weighted by Crippen LogP contribution is 2.26. The molecule has 0 aliphatic heterocycles. The molecule has 4 heteroatoms. The predicted octanol–water partition coefficient (Wildman–Crippen LogP) is 3.66. The van der Waals surface area contributed by atoms with Gasteiger partial charge in [0, 0.05) is 12.1 Å². The van der Waals surface area contributed by atoms with Crippen LogP contribution in [0.15, 0.2) is 18.2 Å². The third-order valence-electron chi connectivity index (χ3n) is 2.37. The molecule has 0 unspecified atom stereocenters. The van der Waals surface area contributed by atoms with E-state index < -0.39 is 0 Å². The first kappa shape index (κ1) is 14.8. The molecular formula is C14H20ClNO2. The van der Waals surface area contributed by atoms with Gasteiger partial charge in [0.15, 0.2) is 0 Å². The number of rotatable bonds is 6. The predicted molar refractivity (Wildman–Crippen MR) is 74.5 cm³/mol. The maximum Gasteiger partial charge on any atom is 0.251 e. The van der Waals surface area contributed by atoms with Crippen molar-refractivity contribution < 1.29 is 9.53 Å². The standard InChI is InChI=1S/C14H20ClNO2/c1-4-5-8-16-14(17)11-6-7-13(12(15)9-11)18-10(2)3/h6-7,9-10H,4-5,8H2,1-3H3,(H,16,17). The van der Waals surface area contributed by atoms with Crippen molar-refractivity contribution in [1.82, 2.24) is 5.32 Å². The number of unbranched alkanes of at least 4 members (excludes halogenated alkanes) is 1. The van der Waals surface area contributed by atoms with E-state index >= 15 is 0 Å². The molecule has 0 aliphatic rings. The van der Waals surface area contributed by atoms with Crippen molar-refractivity contribution in [2.45, 2.75) is 39.7 Å². The first-order chi connectivity index (χ1) is 8.54. The zero-order valence-electron chi connectivity index (χ0n) is 11.1. The minimum atomic E-state index is -0.0959. The van der Waals surface area contributed by atoms with Gasteiger partial charge in [-0.05, 0) is 38.5 Å². The van der Waals surface area contributed by atoms with E-state index in [4.69, 9.17) is 16.3 Å². The molecule has 0 saturated carbocycles. The van der Waals surface area contributed by atoms with E-state index in [9.17, 15) is 4.79 Å². The Balaban J connectivity index is 2.68. The lowest BCUT2D eigenvalue weighted by atomic mass is 10.2. The van der Waals surface area contributed by atoms with Gasteiger partial charge in [-0.3, -0.25) is 4.79 Å². The Bertz CT molecular complexity index is 405. The van der Waals surface area contributed by atoms with E-state index in [0.29, 0.717) is 22.9 Å². The van der Waals surface area contributed by atoms with Crippen LogP contribution in [-0.4, -0.2) is 18.6 Å². The molecule has 1 amide bonds. The zero-order chi connectivity index (χ0) is 13.5. The highest BCUT2D eigenvalue weighted by Gasteiger charge is 2.09. The van der Waals surface area contributed by atoms with Crippen molar-refractivity contribution in [3.63, 3.8) is 0 Å². The fourth-order valence-electron chi connectivity index (χ4n) is 1.47. The summed E-state index contributed by atoms with van der Waals surface area (Å²) in [6.07, 6.45) is 2.10. The number of carbonyl (C=O) groups excluding carboxylic acids is 1. The molecule has 0 spiro atoms. The number of hydrogen-bond acceptors (Lipinski definition) is 2. The van der Waals surface area contributed by atoms with Crippen LogP contribution in [0.25, 0.3) is 0 Å². The fraction of sp³-hybridized carbons (Fsp3) is 0.500. The van der Waals surface area contributed by atoms with Crippen molar-refractivity contribution in [2.75, 3.05) is 6.54 Å². The molecule has 100 valence electrons. The van der Waals surface area contributed by atoms with Crippen LogP contribution in [0.4, 0.5) is 0 Å². The van der Waals surface area contributed by atoms with Crippen molar-refractivity contribution in [3.05, 3.63) is 28.8 Å². The molecule has 0 atom stereocenters. The van der Waals surface area contributed by atoms with E-state index in [1.54, 1.807) is 18.2 Å². The zero-order valence-corrected chi connectivity index (χ0v) is 11.9. The molecule has 1 aromatic carbocycles. The molecular weight excluding hydrogens is 250 g/mol. The lowest BCUT2D eigenvalue weighted by Crippen LogP contribution is -2.24. The largest absolute Gasteiger partial charge is 0.489 e. The molecule has 18 heavy (non-hydrogen) atoms.